The van der Waals surface area contributed by atoms with Crippen molar-refractivity contribution in [2.75, 3.05) is 0 Å². The van der Waals surface area contributed by atoms with Crippen LogP contribution in [0.4, 0.5) is 0 Å². The van der Waals surface area contributed by atoms with Crippen LogP contribution in [-0.2, 0) is 33.6 Å². The summed E-state index contributed by atoms with van der Waals surface area (Å²) in [5.41, 5.74) is 9.66. The Labute approximate surface area is 302 Å². The smallest absolute Gasteiger partial charge is 0.216 e. The van der Waals surface area contributed by atoms with E-state index < -0.39 is 8.07 Å². The summed E-state index contributed by atoms with van der Waals surface area (Å²) >= 11 is 0. The van der Waals surface area contributed by atoms with Gasteiger partial charge in [-0.15, -0.1) is 54.1 Å². The molecule has 249 valence electrons. The molecule has 0 saturated carbocycles. The average Bonchev–Trinajstić information content (AvgIpc) is 3.62. The third-order valence-electron chi connectivity index (χ3n) is 8.68. The van der Waals surface area contributed by atoms with Gasteiger partial charge in [0.1, 0.15) is 0 Å². The zero-order valence-electron chi connectivity index (χ0n) is 28.9. The Morgan fingerprint density at radius 2 is 1.69 bits per heavy atom. The summed E-state index contributed by atoms with van der Waals surface area (Å²) in [4.78, 5) is 18.7. The summed E-state index contributed by atoms with van der Waals surface area (Å²) in [6.07, 6.45) is 4.98. The van der Waals surface area contributed by atoms with E-state index >= 15 is 0 Å². The second-order valence-electron chi connectivity index (χ2n) is 13.9. The fourth-order valence-electron chi connectivity index (χ4n) is 6.42. The molecule has 0 spiro atoms. The number of aromatic nitrogens is 5. The first kappa shape index (κ1) is 34.4. The average molecular weight is 838 g/mol. The van der Waals surface area contributed by atoms with E-state index in [1.165, 1.54) is 10.8 Å². The van der Waals surface area contributed by atoms with Crippen molar-refractivity contribution in [1.82, 2.24) is 24.5 Å². The number of hydrogen-bond acceptors (Lipinski definition) is 5. The van der Waals surface area contributed by atoms with Gasteiger partial charge in [0.25, 0.3) is 0 Å². The Balaban J connectivity index is 0.000000177. The minimum Gasteiger partial charge on any atom is -0.486 e. The van der Waals surface area contributed by atoms with E-state index in [2.05, 4.69) is 90.6 Å². The van der Waals surface area contributed by atoms with Crippen LogP contribution in [0.2, 0.25) is 19.6 Å². The molecule has 8 rings (SSSR count). The maximum atomic E-state index is 6.08. The van der Waals surface area contributed by atoms with Gasteiger partial charge < -0.3 is 14.0 Å². The summed E-state index contributed by atoms with van der Waals surface area (Å²) < 4.78 is 8.16. The van der Waals surface area contributed by atoms with Crippen molar-refractivity contribution in [3.8, 4) is 22.6 Å². The van der Waals surface area contributed by atoms with Crippen LogP contribution in [0.15, 0.2) is 95.7 Å². The van der Waals surface area contributed by atoms with E-state index in [0.29, 0.717) is 11.6 Å². The number of nitrogens with zero attached hydrogens (tertiary/aromatic N) is 5. The predicted molar refractivity (Wildman–Crippen MR) is 200 cm³/mol. The minimum absolute atomic E-state index is 0. The molecule has 6 nitrogen and oxygen atoms in total. The zero-order chi connectivity index (χ0) is 33.6. The van der Waals surface area contributed by atoms with Crippen LogP contribution < -0.4 is 5.19 Å². The number of aryl methyl sites for hydroxylation is 2. The molecule has 0 atom stereocenters. The van der Waals surface area contributed by atoms with Gasteiger partial charge in [0.2, 0.25) is 5.71 Å². The monoisotopic (exact) mass is 838 g/mol. The molecular weight excluding hydrogens is 799 g/mol. The second kappa shape index (κ2) is 13.8. The fraction of sp³-hybridized carbons (Fsp3) is 0.220. The number of hydrogen-bond donors (Lipinski definition) is 0. The first-order valence-electron chi connectivity index (χ1n) is 16.5. The number of benzene rings is 3. The molecule has 5 aromatic heterocycles. The fourth-order valence-corrected chi connectivity index (χ4v) is 8.01. The molecule has 0 unspecified atom stereocenters. The third kappa shape index (κ3) is 6.73. The Kier molecular flexibility index (Phi) is 9.67. The first-order valence-corrected chi connectivity index (χ1v) is 20.0. The number of imidazole rings is 1. The Bertz CT molecular complexity index is 2430. The molecule has 0 N–H and O–H groups in total. The molecule has 0 saturated heterocycles. The van der Waals surface area contributed by atoms with Gasteiger partial charge in [-0.25, -0.2) is 4.98 Å². The Morgan fingerprint density at radius 3 is 2.45 bits per heavy atom. The molecule has 8 heteroatoms. The van der Waals surface area contributed by atoms with Crippen LogP contribution in [0.5, 0.6) is 0 Å². The largest absolute Gasteiger partial charge is 0.486 e. The minimum atomic E-state index is -1.34. The van der Waals surface area contributed by atoms with E-state index in [0.717, 1.165) is 73.1 Å². The molecule has 0 bridgehead atoms. The normalized spacial score (nSPS) is 11.7. The molecule has 3 aromatic carbocycles. The van der Waals surface area contributed by atoms with Crippen LogP contribution in [-0.4, -0.2) is 32.6 Å². The first-order chi connectivity index (χ1) is 23.1. The Hall–Kier alpha value is -4.49. The van der Waals surface area contributed by atoms with Crippen LogP contribution >= 0.6 is 0 Å². The van der Waals surface area contributed by atoms with Crippen molar-refractivity contribution in [3.05, 3.63) is 115 Å². The topological polar surface area (TPSA) is 69.6 Å². The molecule has 0 aliphatic rings. The number of pyridine rings is 3. The van der Waals surface area contributed by atoms with Crippen LogP contribution in [0.1, 0.15) is 25.1 Å². The van der Waals surface area contributed by atoms with Gasteiger partial charge in [-0.2, -0.15) is 0 Å². The molecule has 0 aliphatic heterocycles. The molecule has 1 radical (unpaired) electrons. The summed E-state index contributed by atoms with van der Waals surface area (Å²) in [7, 11) is 0.674. The quantitative estimate of drug-likeness (QED) is 0.128. The number of rotatable bonds is 5. The van der Waals surface area contributed by atoms with E-state index in [1.807, 2.05) is 68.6 Å². The van der Waals surface area contributed by atoms with Gasteiger partial charge in [0.15, 0.2) is 0 Å². The molecule has 5 heterocycles. The number of fused-ring (bicyclic) bond motifs is 6. The van der Waals surface area contributed by atoms with Gasteiger partial charge >= 0.3 is 0 Å². The maximum absolute atomic E-state index is 6.08. The third-order valence-corrected chi connectivity index (χ3v) is 10.7. The van der Waals surface area contributed by atoms with E-state index in [-0.39, 0.29) is 20.1 Å². The van der Waals surface area contributed by atoms with Crippen molar-refractivity contribution in [1.29, 1.82) is 0 Å². The van der Waals surface area contributed by atoms with Crippen LogP contribution in [0, 0.1) is 25.0 Å². The van der Waals surface area contributed by atoms with Crippen molar-refractivity contribution < 1.29 is 24.5 Å². The van der Waals surface area contributed by atoms with Crippen LogP contribution in [0.3, 0.4) is 0 Å². The molecule has 8 aromatic rings. The number of furan rings is 1. The van der Waals surface area contributed by atoms with Crippen molar-refractivity contribution >= 4 is 57.3 Å². The van der Waals surface area contributed by atoms with Crippen molar-refractivity contribution in [3.63, 3.8) is 0 Å². The summed E-state index contributed by atoms with van der Waals surface area (Å²) in [5.74, 6) is 1.47. The summed E-state index contributed by atoms with van der Waals surface area (Å²) in [6.45, 7) is 13.7. The van der Waals surface area contributed by atoms with Crippen molar-refractivity contribution in [2.24, 2.45) is 13.0 Å². The maximum Gasteiger partial charge on any atom is 0.216 e. The standard InChI is InChI=1S/C23H15N4O.C18H24NSi.Ir/c1-13-8-9-14-10-11-18-20(19(14)25-13)27(2)22(26-18)17-6-3-5-15-16-7-4-12-24-23(16)28-21(15)17;1-14(2)11-16-12-17(15-9-7-6-8-10-15)19-13-18(16)20(3,4)5;/h3-5,7-12H,1-2H3;6-9,12-14H,11H2,1-5H3;/q2*-1;. The van der Waals surface area contributed by atoms with Crippen molar-refractivity contribution in [2.45, 2.75) is 46.8 Å². The summed E-state index contributed by atoms with van der Waals surface area (Å²) in [5, 5.41) is 4.60. The van der Waals surface area contributed by atoms with E-state index in [9.17, 15) is 0 Å². The van der Waals surface area contributed by atoms with E-state index in [4.69, 9.17) is 14.4 Å². The zero-order valence-corrected chi connectivity index (χ0v) is 32.3. The van der Waals surface area contributed by atoms with Gasteiger partial charge in [-0.1, -0.05) is 68.2 Å². The van der Waals surface area contributed by atoms with Gasteiger partial charge in [-0.3, -0.25) is 9.97 Å². The second-order valence-corrected chi connectivity index (χ2v) is 18.9. The molecule has 0 amide bonds. The van der Waals surface area contributed by atoms with Crippen LogP contribution in [0.25, 0.3) is 66.7 Å². The molecule has 0 aliphatic carbocycles. The SMILES string of the molecule is CC(C)Cc1cc(-c2[c-]cccc2)ncc1[Si](C)(C)C.Cc1ccc2ccc3nc(-c4[c-]ccc5c4oc4ncccc45)n(C)c3c2n1.[Ir]. The van der Waals surface area contributed by atoms with Gasteiger partial charge in [-0.05, 0) is 54.4 Å². The molecular formula is C41H39IrN5OSi-2. The summed E-state index contributed by atoms with van der Waals surface area (Å²) in [6, 6.07) is 33.0. The molecule has 49 heavy (non-hydrogen) atoms. The Morgan fingerprint density at radius 1 is 0.878 bits per heavy atom. The van der Waals surface area contributed by atoms with E-state index in [1.54, 1.807) is 6.20 Å². The van der Waals surface area contributed by atoms with Gasteiger partial charge in [0, 0.05) is 56.0 Å². The molecule has 0 fully saturated rings. The predicted octanol–water partition coefficient (Wildman–Crippen LogP) is 9.48. The van der Waals surface area contributed by atoms with Gasteiger partial charge in [0.05, 0.1) is 36.0 Å².